The van der Waals surface area contributed by atoms with Gasteiger partial charge in [-0.25, -0.2) is 0 Å². The fourth-order valence-electron chi connectivity index (χ4n) is 1.31. The van der Waals surface area contributed by atoms with Gasteiger partial charge in [0.15, 0.2) is 0 Å². The van der Waals surface area contributed by atoms with Crippen molar-refractivity contribution in [2.45, 2.75) is 18.1 Å². The second-order valence-electron chi connectivity index (χ2n) is 3.07. The first kappa shape index (κ1) is 7.17. The molecule has 0 aliphatic carbocycles. The van der Waals surface area contributed by atoms with E-state index in [1.807, 2.05) is 30.2 Å². The number of nitrogens with zero attached hydrogens (tertiary/aromatic N) is 1. The lowest BCUT2D eigenvalue weighted by atomic mass is 9.98. The predicted molar refractivity (Wildman–Crippen MR) is 48.7 cm³/mol. The highest BCUT2D eigenvalue weighted by Crippen LogP contribution is 2.48. The van der Waals surface area contributed by atoms with Crippen LogP contribution in [0.25, 0.3) is 0 Å². The molecule has 1 saturated heterocycles. The molecule has 2 heteroatoms. The molecule has 0 aromatic carbocycles. The minimum atomic E-state index is 0.369. The van der Waals surface area contributed by atoms with E-state index < -0.39 is 0 Å². The molecule has 0 amide bonds. The summed E-state index contributed by atoms with van der Waals surface area (Å²) in [6, 6.07) is 4.18. The number of aromatic nitrogens is 1. The lowest BCUT2D eigenvalue weighted by molar-refractivity contribution is 0.623. The molecule has 0 spiro atoms. The molecule has 1 aliphatic rings. The Morgan fingerprint density at radius 1 is 1.64 bits per heavy atom. The van der Waals surface area contributed by atoms with Crippen molar-refractivity contribution in [3.63, 3.8) is 0 Å². The Morgan fingerprint density at radius 2 is 2.45 bits per heavy atom. The van der Waals surface area contributed by atoms with Gasteiger partial charge in [0.2, 0.25) is 0 Å². The maximum Gasteiger partial charge on any atom is 0.0403 e. The van der Waals surface area contributed by atoms with E-state index in [1.165, 1.54) is 17.7 Å². The number of rotatable bonds is 1. The molecule has 1 nitrogen and oxygen atoms in total. The molecule has 2 rings (SSSR count). The van der Waals surface area contributed by atoms with Gasteiger partial charge in [-0.2, -0.15) is 11.8 Å². The number of thioether (sulfide) groups is 1. The summed E-state index contributed by atoms with van der Waals surface area (Å²) in [7, 11) is 0. The molecule has 11 heavy (non-hydrogen) atoms. The molecule has 0 bridgehead atoms. The third kappa shape index (κ3) is 1.16. The molecular formula is C9H11NS. The molecule has 1 atom stereocenters. The summed E-state index contributed by atoms with van der Waals surface area (Å²) in [5.41, 5.74) is 1.37. The zero-order valence-corrected chi connectivity index (χ0v) is 7.40. The summed E-state index contributed by atoms with van der Waals surface area (Å²) in [5.74, 6) is 1.30. The van der Waals surface area contributed by atoms with Gasteiger partial charge in [0.25, 0.3) is 0 Å². The van der Waals surface area contributed by atoms with E-state index in [4.69, 9.17) is 0 Å². The van der Waals surface area contributed by atoms with Crippen LogP contribution in [0.3, 0.4) is 0 Å². The summed E-state index contributed by atoms with van der Waals surface area (Å²) in [5, 5.41) is 0. The second-order valence-corrected chi connectivity index (χ2v) is 4.67. The SMILES string of the molecule is CC1(c2cccnc2)CCS1. The van der Waals surface area contributed by atoms with Crippen molar-refractivity contribution in [2.24, 2.45) is 0 Å². The molecule has 2 heterocycles. The summed E-state index contributed by atoms with van der Waals surface area (Å²) < 4.78 is 0.369. The highest BCUT2D eigenvalue weighted by Gasteiger charge is 2.34. The zero-order chi connectivity index (χ0) is 7.73. The molecule has 0 saturated carbocycles. The van der Waals surface area contributed by atoms with Gasteiger partial charge in [0, 0.05) is 17.1 Å². The second kappa shape index (κ2) is 2.52. The third-order valence-corrected chi connectivity index (χ3v) is 3.76. The van der Waals surface area contributed by atoms with Gasteiger partial charge >= 0.3 is 0 Å². The van der Waals surface area contributed by atoms with Crippen LogP contribution < -0.4 is 0 Å². The lowest BCUT2D eigenvalue weighted by Crippen LogP contribution is -2.27. The molecule has 1 fully saturated rings. The Kier molecular flexibility index (Phi) is 1.64. The first-order valence-electron chi connectivity index (χ1n) is 3.86. The highest BCUT2D eigenvalue weighted by atomic mass is 32.2. The van der Waals surface area contributed by atoms with Crippen LogP contribution in [0.2, 0.25) is 0 Å². The monoisotopic (exact) mass is 165 g/mol. The molecule has 58 valence electrons. The number of hydrogen-bond acceptors (Lipinski definition) is 2. The van der Waals surface area contributed by atoms with E-state index in [9.17, 15) is 0 Å². The topological polar surface area (TPSA) is 12.9 Å². The van der Waals surface area contributed by atoms with E-state index in [-0.39, 0.29) is 0 Å². The van der Waals surface area contributed by atoms with Crippen molar-refractivity contribution in [2.75, 3.05) is 5.75 Å². The zero-order valence-electron chi connectivity index (χ0n) is 6.58. The van der Waals surface area contributed by atoms with Gasteiger partial charge in [-0.05, 0) is 30.7 Å². The molecule has 0 N–H and O–H groups in total. The Labute approximate surface area is 71.2 Å². The van der Waals surface area contributed by atoms with E-state index in [1.54, 1.807) is 0 Å². The summed E-state index contributed by atoms with van der Waals surface area (Å²) >= 11 is 2.02. The van der Waals surface area contributed by atoms with Crippen LogP contribution in [0.5, 0.6) is 0 Å². The van der Waals surface area contributed by atoms with Crippen molar-refractivity contribution in [3.05, 3.63) is 30.1 Å². The van der Waals surface area contributed by atoms with Gasteiger partial charge in [-0.3, -0.25) is 4.98 Å². The molecule has 0 radical (unpaired) electrons. The fraction of sp³-hybridized carbons (Fsp3) is 0.444. The first-order chi connectivity index (χ1) is 5.31. The minimum absolute atomic E-state index is 0.369. The van der Waals surface area contributed by atoms with Crippen LogP contribution >= 0.6 is 11.8 Å². The maximum atomic E-state index is 4.12. The summed E-state index contributed by atoms with van der Waals surface area (Å²) in [6.07, 6.45) is 5.10. The average molecular weight is 165 g/mol. The first-order valence-corrected chi connectivity index (χ1v) is 4.84. The smallest absolute Gasteiger partial charge is 0.0403 e. The Morgan fingerprint density at radius 3 is 2.91 bits per heavy atom. The van der Waals surface area contributed by atoms with Gasteiger partial charge in [0.1, 0.15) is 0 Å². The molecule has 1 aromatic rings. The largest absolute Gasteiger partial charge is 0.264 e. The highest BCUT2D eigenvalue weighted by molar-refractivity contribution is 8.01. The van der Waals surface area contributed by atoms with Crippen molar-refractivity contribution < 1.29 is 0 Å². The van der Waals surface area contributed by atoms with Crippen LogP contribution in [0.15, 0.2) is 24.5 Å². The van der Waals surface area contributed by atoms with Crippen molar-refractivity contribution in [3.8, 4) is 0 Å². The summed E-state index contributed by atoms with van der Waals surface area (Å²) in [6.45, 7) is 2.29. The van der Waals surface area contributed by atoms with E-state index >= 15 is 0 Å². The standard InChI is InChI=1S/C9H11NS/c1-9(4-6-11-9)8-3-2-5-10-7-8/h2-3,5,7H,4,6H2,1H3. The van der Waals surface area contributed by atoms with Gasteiger partial charge < -0.3 is 0 Å². The van der Waals surface area contributed by atoms with Gasteiger partial charge in [0.05, 0.1) is 0 Å². The van der Waals surface area contributed by atoms with Gasteiger partial charge in [-0.15, -0.1) is 0 Å². The normalized spacial score (nSPS) is 29.5. The van der Waals surface area contributed by atoms with Crippen LogP contribution in [-0.4, -0.2) is 10.7 Å². The third-order valence-electron chi connectivity index (χ3n) is 2.27. The van der Waals surface area contributed by atoms with E-state index in [2.05, 4.69) is 18.0 Å². The van der Waals surface area contributed by atoms with E-state index in [0.717, 1.165) is 0 Å². The van der Waals surface area contributed by atoms with Crippen LogP contribution in [0.1, 0.15) is 18.9 Å². The number of pyridine rings is 1. The number of hydrogen-bond donors (Lipinski definition) is 0. The van der Waals surface area contributed by atoms with Crippen molar-refractivity contribution >= 4 is 11.8 Å². The van der Waals surface area contributed by atoms with E-state index in [0.29, 0.717) is 4.75 Å². The van der Waals surface area contributed by atoms with Crippen LogP contribution in [0.4, 0.5) is 0 Å². The van der Waals surface area contributed by atoms with Crippen molar-refractivity contribution in [1.82, 2.24) is 4.98 Å². The maximum absolute atomic E-state index is 4.12. The fourth-order valence-corrected chi connectivity index (χ4v) is 2.42. The van der Waals surface area contributed by atoms with Crippen LogP contribution in [0, 0.1) is 0 Å². The lowest BCUT2D eigenvalue weighted by Gasteiger charge is -2.37. The molecular weight excluding hydrogens is 154 g/mol. The predicted octanol–water partition coefficient (Wildman–Crippen LogP) is 2.43. The van der Waals surface area contributed by atoms with Crippen molar-refractivity contribution in [1.29, 1.82) is 0 Å². The molecule has 1 aliphatic heterocycles. The summed E-state index contributed by atoms with van der Waals surface area (Å²) in [4.78, 5) is 4.12. The van der Waals surface area contributed by atoms with Gasteiger partial charge in [-0.1, -0.05) is 6.07 Å². The quantitative estimate of drug-likeness (QED) is 0.634. The Hall–Kier alpha value is -0.500. The average Bonchev–Trinajstić information content (AvgIpc) is 2.02. The molecule has 1 unspecified atom stereocenters. The molecule has 1 aromatic heterocycles. The Bertz CT molecular complexity index is 241. The Balaban J connectivity index is 2.29. The minimum Gasteiger partial charge on any atom is -0.264 e. The van der Waals surface area contributed by atoms with Crippen LogP contribution in [-0.2, 0) is 4.75 Å².